The van der Waals surface area contributed by atoms with Gasteiger partial charge in [0.05, 0.1) is 32.8 Å². The Morgan fingerprint density at radius 2 is 0.800 bits per heavy atom. The number of carboxylic acid groups (broad SMARTS) is 3. The zero-order valence-corrected chi connectivity index (χ0v) is 49.8. The van der Waals surface area contributed by atoms with E-state index in [1.165, 1.54) is 180 Å². The van der Waals surface area contributed by atoms with Crippen molar-refractivity contribution in [2.45, 2.75) is 232 Å². The molecule has 0 saturated carbocycles. The first-order chi connectivity index (χ1) is 36.0. The van der Waals surface area contributed by atoms with Gasteiger partial charge < -0.3 is 49.2 Å². The van der Waals surface area contributed by atoms with Crippen molar-refractivity contribution < 1.29 is 98.5 Å². The van der Waals surface area contributed by atoms with Gasteiger partial charge in [-0.25, -0.2) is 4.79 Å². The number of carbonyl (C=O) groups is 4. The maximum absolute atomic E-state index is 12.9. The van der Waals surface area contributed by atoms with Crippen molar-refractivity contribution in [3.05, 3.63) is 6.54 Å². The third-order valence-corrected chi connectivity index (χ3v) is 14.1. The Balaban J connectivity index is 0.0000548. The van der Waals surface area contributed by atoms with E-state index < -0.39 is 36.1 Å². The van der Waals surface area contributed by atoms with E-state index in [0.717, 1.165) is 25.7 Å². The number of β-amino-alcohol motifs (C(OH)–C–C–N with tert-alkyl or cyclic N) is 1. The molecule has 1 aliphatic heterocycles. The predicted molar refractivity (Wildman–Crippen MR) is 296 cm³/mol. The van der Waals surface area contributed by atoms with Gasteiger partial charge in [-0.05, 0) is 19.4 Å². The first-order valence-electron chi connectivity index (χ1n) is 30.0. The first-order valence-corrected chi connectivity index (χ1v) is 30.0. The van der Waals surface area contributed by atoms with Gasteiger partial charge in [-0.3, -0.25) is 30.7 Å². The average Bonchev–Trinajstić information content (AvgIpc) is 3.36. The van der Waals surface area contributed by atoms with Gasteiger partial charge in [0.25, 0.3) is 0 Å². The Labute approximate surface area is 488 Å². The maximum Gasteiger partial charge on any atom is 0.332 e. The minimum Gasteiger partial charge on any atom is -0.480 e. The molecule has 0 spiro atoms. The van der Waals surface area contributed by atoms with Crippen LogP contribution in [-0.2, 0) is 38.1 Å². The molecular formula is C58H111GdN4O12-. The number of aliphatic hydroxyl groups is 1. The van der Waals surface area contributed by atoms with Gasteiger partial charge in [-0.1, -0.05) is 206 Å². The van der Waals surface area contributed by atoms with Crippen molar-refractivity contribution in [2.75, 3.05) is 112 Å². The third-order valence-electron chi connectivity index (χ3n) is 14.1. The Kier molecular flexibility index (Phi) is 54.0. The summed E-state index contributed by atoms with van der Waals surface area (Å²) in [6, 6.07) is 0. The normalized spacial score (nSPS) is 15.1. The molecule has 75 heavy (non-hydrogen) atoms. The van der Waals surface area contributed by atoms with Crippen LogP contribution in [-0.4, -0.2) is 188 Å². The molecule has 444 valence electrons. The van der Waals surface area contributed by atoms with Crippen molar-refractivity contribution >= 4 is 23.9 Å². The van der Waals surface area contributed by atoms with Crippen LogP contribution >= 0.6 is 0 Å². The number of hydrogen-bond donors (Lipinski definition) is 4. The molecule has 0 aromatic heterocycles. The number of aliphatic hydroxyl groups excluding tert-OH is 1. The van der Waals surface area contributed by atoms with Crippen molar-refractivity contribution in [3.63, 3.8) is 0 Å². The zero-order chi connectivity index (χ0) is 54.0. The Hall–Kier alpha value is -1.12. The Bertz CT molecular complexity index is 1250. The van der Waals surface area contributed by atoms with Gasteiger partial charge in [0.2, 0.25) is 0 Å². The van der Waals surface area contributed by atoms with E-state index in [1.54, 1.807) is 21.2 Å². The summed E-state index contributed by atoms with van der Waals surface area (Å²) in [5.74, 6) is -3.73. The molecule has 1 rings (SSSR count). The summed E-state index contributed by atoms with van der Waals surface area (Å²) in [4.78, 5) is 54.6. The largest absolute Gasteiger partial charge is 0.480 e. The number of hydrogen-bond acceptors (Lipinski definition) is 13. The number of nitrogens with zero attached hydrogens (tertiary/aromatic N) is 4. The molecular weight excluding hydrogens is 1100 g/mol. The van der Waals surface area contributed by atoms with Gasteiger partial charge in [0.1, 0.15) is 25.4 Å². The van der Waals surface area contributed by atoms with E-state index in [9.17, 15) is 39.6 Å². The molecule has 0 bridgehead atoms. The van der Waals surface area contributed by atoms with Gasteiger partial charge >= 0.3 is 23.9 Å². The molecule has 1 heterocycles. The van der Waals surface area contributed by atoms with Crippen molar-refractivity contribution in [3.8, 4) is 0 Å². The van der Waals surface area contributed by atoms with Crippen LogP contribution in [0.25, 0.3) is 0 Å². The molecule has 0 amide bonds. The van der Waals surface area contributed by atoms with E-state index in [2.05, 4.69) is 13.8 Å². The van der Waals surface area contributed by atoms with Crippen molar-refractivity contribution in [1.29, 1.82) is 0 Å². The Morgan fingerprint density at radius 3 is 1.20 bits per heavy atom. The molecule has 1 atom stereocenters. The van der Waals surface area contributed by atoms with Crippen LogP contribution < -0.4 is 0 Å². The molecule has 1 fully saturated rings. The van der Waals surface area contributed by atoms with Gasteiger partial charge in [0, 0.05) is 92.4 Å². The number of carbonyl (C=O) groups excluding carboxylic acids is 1. The molecule has 0 radical (unpaired) electrons. The summed E-state index contributed by atoms with van der Waals surface area (Å²) < 4.78 is 23.5. The molecule has 1 unspecified atom stereocenters. The number of carboxylic acids is 3. The summed E-state index contributed by atoms with van der Waals surface area (Å²) in [6.45, 7) is 8.59. The van der Waals surface area contributed by atoms with Gasteiger partial charge in [0.15, 0.2) is 0 Å². The third kappa shape index (κ3) is 50.8. The predicted octanol–water partition coefficient (Wildman–Crippen LogP) is 10.5. The topological polar surface area (TPSA) is 199 Å². The second-order valence-corrected chi connectivity index (χ2v) is 21.2. The fraction of sp³-hybridized carbons (Fsp3) is 0.914. The van der Waals surface area contributed by atoms with E-state index in [-0.39, 0.29) is 106 Å². The number of unbranched alkanes of at least 4 members (excludes halogenated alkanes) is 30. The monoisotopic (exact) mass is 1210 g/mol. The average molecular weight is 1210 g/mol. The van der Waals surface area contributed by atoms with E-state index in [4.69, 9.17) is 18.9 Å². The zero-order valence-electron chi connectivity index (χ0n) is 47.6. The van der Waals surface area contributed by atoms with E-state index >= 15 is 0 Å². The quantitative estimate of drug-likeness (QED) is 0.0255. The summed E-state index contributed by atoms with van der Waals surface area (Å²) >= 11 is 0. The Morgan fingerprint density at radius 1 is 0.453 bits per heavy atom. The minimum absolute atomic E-state index is 0. The molecule has 0 aromatic carbocycles. The first kappa shape index (κ1) is 73.9. The van der Waals surface area contributed by atoms with Crippen LogP contribution in [0.4, 0.5) is 0 Å². The fourth-order valence-corrected chi connectivity index (χ4v) is 9.50. The molecule has 17 heteroatoms. The second kappa shape index (κ2) is 54.8. The summed E-state index contributed by atoms with van der Waals surface area (Å²) in [5, 5.41) is 39.5. The summed E-state index contributed by atoms with van der Waals surface area (Å²) in [6.07, 6.45) is 40.4. The smallest absolute Gasteiger partial charge is 0.332 e. The van der Waals surface area contributed by atoms with E-state index in [0.29, 0.717) is 46.1 Å². The van der Waals surface area contributed by atoms with Crippen LogP contribution in [0.2, 0.25) is 0 Å². The fourth-order valence-electron chi connectivity index (χ4n) is 9.50. The van der Waals surface area contributed by atoms with Gasteiger partial charge in [-0.15, -0.1) is 6.54 Å². The number of esters is 1. The maximum atomic E-state index is 12.9. The number of ether oxygens (including phenoxy) is 4. The van der Waals surface area contributed by atoms with Crippen LogP contribution in [0.15, 0.2) is 0 Å². The van der Waals surface area contributed by atoms with Crippen LogP contribution in [0.3, 0.4) is 0 Å². The second-order valence-electron chi connectivity index (χ2n) is 21.2. The molecule has 16 nitrogen and oxygen atoms in total. The van der Waals surface area contributed by atoms with Crippen molar-refractivity contribution in [1.82, 2.24) is 19.6 Å². The van der Waals surface area contributed by atoms with Crippen LogP contribution in [0.5, 0.6) is 0 Å². The molecule has 0 aromatic rings. The number of rotatable bonds is 51. The SMILES string of the molecule is CCCCCCCCCCCCCCCCCCOCC(COCCCCCCCCCCCCCCCCCC)OCC(=O)OCC(O)CN1CCN(CC(=O)O)C[CH-]N(CC(=O)O)CCN(CC(=O)O)CC1.[Gd]. The molecule has 1 aliphatic rings. The van der Waals surface area contributed by atoms with Gasteiger partial charge in [-0.2, -0.15) is 0 Å². The van der Waals surface area contributed by atoms with Crippen LogP contribution in [0, 0.1) is 46.5 Å². The molecule has 1 saturated heterocycles. The van der Waals surface area contributed by atoms with E-state index in [1.807, 2.05) is 4.90 Å². The minimum atomic E-state index is -1.08. The van der Waals surface area contributed by atoms with Crippen LogP contribution in [0.1, 0.15) is 219 Å². The number of aliphatic carboxylic acids is 3. The standard InChI is InChI=1S/C58H111N4O12.Gd/c1-3-5-7-9-11-13-15-17-19-21-23-25-27-29-31-33-43-71-50-54(51-72-44-34-32-30-28-26-24-22-20-18-16-14-12-10-8-6-4-2)73-52-58(70)74-49-53(63)45-59-35-37-60(46-55(64)65)39-41-62(48-57(68)69)42-40-61(38-36-59)47-56(66)67;/h41,53-54,63H,3-40,42-52H2,1-2H3,(H,64,65)(H,66,67)(H,68,69);/q-1;. The molecule has 4 N–H and O–H groups in total. The van der Waals surface area contributed by atoms with Crippen molar-refractivity contribution in [2.24, 2.45) is 0 Å². The molecule has 0 aliphatic carbocycles. The summed E-state index contributed by atoms with van der Waals surface area (Å²) in [7, 11) is 0. The summed E-state index contributed by atoms with van der Waals surface area (Å²) in [5.41, 5.74) is 0.